The number of alkyl carbamates (subject to hydrolysis) is 1. The van der Waals surface area contributed by atoms with Gasteiger partial charge in [-0.15, -0.1) is 0 Å². The van der Waals surface area contributed by atoms with Crippen molar-refractivity contribution >= 4 is 17.7 Å². The van der Waals surface area contributed by atoms with E-state index in [2.05, 4.69) is 4.74 Å². The van der Waals surface area contributed by atoms with Crippen LogP contribution >= 0.6 is 0 Å². The number of carbonyl (C=O) groups excluding carboxylic acids is 2. The quantitative estimate of drug-likeness (QED) is 0.348. The third-order valence-electron chi connectivity index (χ3n) is 4.03. The lowest BCUT2D eigenvalue weighted by Crippen LogP contribution is -2.69. The van der Waals surface area contributed by atoms with Crippen molar-refractivity contribution in [2.45, 2.75) is 31.5 Å². The van der Waals surface area contributed by atoms with Gasteiger partial charge in [0.1, 0.15) is 6.61 Å². The summed E-state index contributed by atoms with van der Waals surface area (Å²) in [6, 6.07) is 10.6. The number of ether oxygens (including phenoxy) is 2. The summed E-state index contributed by atoms with van der Waals surface area (Å²) in [6.45, 7) is 0.297. The Morgan fingerprint density at radius 3 is 2.12 bits per heavy atom. The molecule has 0 aromatic heterocycles. The number of nitrogens with one attached hydrogen (secondary N) is 2. The van der Waals surface area contributed by atoms with Crippen molar-refractivity contribution in [3.05, 3.63) is 65.7 Å². The SMILES string of the molecule is CCOC(=O)[C@](NC(=O)OCc1ccccc1)(Nc1cccc(C(F)(F)F)c1)C(F)(F)F. The predicted molar refractivity (Wildman–Crippen MR) is 100 cm³/mol. The van der Waals surface area contributed by atoms with E-state index in [1.807, 2.05) is 0 Å². The molecular weight excluding hydrogens is 446 g/mol. The standard InChI is InChI=1S/C20H18F6N2O4/c1-2-31-16(29)18(20(24,25)26,27-15-10-6-9-14(11-15)19(21,22)23)28-17(30)32-12-13-7-4-3-5-8-13/h3-11,27H,2,12H2,1H3,(H,28,30)/t18-/m1/s1. The zero-order valence-corrected chi connectivity index (χ0v) is 16.5. The predicted octanol–water partition coefficient (Wildman–Crippen LogP) is 4.87. The van der Waals surface area contributed by atoms with Gasteiger partial charge in [-0.1, -0.05) is 36.4 Å². The number of hydrogen-bond donors (Lipinski definition) is 2. The van der Waals surface area contributed by atoms with E-state index in [-0.39, 0.29) is 0 Å². The number of hydrogen-bond acceptors (Lipinski definition) is 5. The molecule has 0 aliphatic rings. The number of amides is 1. The largest absolute Gasteiger partial charge is 0.463 e. The lowest BCUT2D eigenvalue weighted by atomic mass is 10.1. The maximum Gasteiger partial charge on any atom is 0.442 e. The molecule has 0 unspecified atom stereocenters. The zero-order chi connectivity index (χ0) is 24.0. The molecule has 2 N–H and O–H groups in total. The first-order chi connectivity index (χ1) is 14.9. The highest BCUT2D eigenvalue weighted by Crippen LogP contribution is 2.35. The van der Waals surface area contributed by atoms with E-state index in [4.69, 9.17) is 4.74 Å². The van der Waals surface area contributed by atoms with Crippen molar-refractivity contribution in [3.8, 4) is 0 Å². The average molecular weight is 464 g/mol. The lowest BCUT2D eigenvalue weighted by Gasteiger charge is -2.35. The highest BCUT2D eigenvalue weighted by Gasteiger charge is 2.64. The Morgan fingerprint density at radius 1 is 0.906 bits per heavy atom. The van der Waals surface area contributed by atoms with E-state index in [9.17, 15) is 35.9 Å². The van der Waals surface area contributed by atoms with Crippen molar-refractivity contribution in [1.29, 1.82) is 0 Å². The van der Waals surface area contributed by atoms with Gasteiger partial charge in [-0.25, -0.2) is 9.59 Å². The van der Waals surface area contributed by atoms with Crippen LogP contribution in [0.1, 0.15) is 18.1 Å². The van der Waals surface area contributed by atoms with E-state index >= 15 is 0 Å². The van der Waals surface area contributed by atoms with Crippen LogP contribution in [0.5, 0.6) is 0 Å². The molecule has 0 heterocycles. The Kier molecular flexibility index (Phi) is 7.60. The summed E-state index contributed by atoms with van der Waals surface area (Å²) in [5, 5.41) is 3.03. The Labute approximate surface area is 178 Å². The highest BCUT2D eigenvalue weighted by molar-refractivity contribution is 5.89. The zero-order valence-electron chi connectivity index (χ0n) is 16.5. The molecule has 0 bridgehead atoms. The third kappa shape index (κ3) is 6.05. The number of rotatable bonds is 7. The molecule has 174 valence electrons. The van der Waals surface area contributed by atoms with Crippen LogP contribution in [0.25, 0.3) is 0 Å². The van der Waals surface area contributed by atoms with Crippen LogP contribution in [0.2, 0.25) is 0 Å². The van der Waals surface area contributed by atoms with Gasteiger partial charge < -0.3 is 14.8 Å². The number of halogens is 6. The molecule has 2 aromatic rings. The van der Waals surface area contributed by atoms with Gasteiger partial charge in [0.25, 0.3) is 0 Å². The van der Waals surface area contributed by atoms with Gasteiger partial charge in [0.15, 0.2) is 0 Å². The summed E-state index contributed by atoms with van der Waals surface area (Å²) in [5.74, 6) is -1.98. The Balaban J connectivity index is 2.38. The van der Waals surface area contributed by atoms with E-state index < -0.39 is 54.5 Å². The maximum atomic E-state index is 14.0. The molecule has 0 aliphatic carbocycles. The van der Waals surface area contributed by atoms with Gasteiger partial charge in [0.05, 0.1) is 12.2 Å². The van der Waals surface area contributed by atoms with Gasteiger partial charge >= 0.3 is 30.1 Å². The van der Waals surface area contributed by atoms with Gasteiger partial charge in [-0.2, -0.15) is 26.3 Å². The Bertz CT molecular complexity index is 934. The molecule has 6 nitrogen and oxygen atoms in total. The van der Waals surface area contributed by atoms with Gasteiger partial charge in [0, 0.05) is 5.69 Å². The molecule has 0 aliphatic heterocycles. The van der Waals surface area contributed by atoms with Crippen LogP contribution in [0, 0.1) is 0 Å². The van der Waals surface area contributed by atoms with Crippen molar-refractivity contribution in [2.75, 3.05) is 11.9 Å². The van der Waals surface area contributed by atoms with Crippen molar-refractivity contribution < 1.29 is 45.4 Å². The Hall–Kier alpha value is -3.44. The summed E-state index contributed by atoms with van der Waals surface area (Å²) in [7, 11) is 0. The van der Waals surface area contributed by atoms with E-state index in [1.165, 1.54) is 24.4 Å². The fourth-order valence-electron chi connectivity index (χ4n) is 2.53. The van der Waals surface area contributed by atoms with Crippen LogP contribution in [0.15, 0.2) is 54.6 Å². The minimum atomic E-state index is -5.53. The third-order valence-corrected chi connectivity index (χ3v) is 4.03. The first-order valence-corrected chi connectivity index (χ1v) is 9.07. The van der Waals surface area contributed by atoms with E-state index in [1.54, 1.807) is 23.5 Å². The average Bonchev–Trinajstić information content (AvgIpc) is 2.71. The topological polar surface area (TPSA) is 76.7 Å². The minimum absolute atomic E-state index is 0.358. The van der Waals surface area contributed by atoms with Gasteiger partial charge in [-0.05, 0) is 30.7 Å². The molecule has 1 amide bonds. The van der Waals surface area contributed by atoms with E-state index in [0.717, 1.165) is 12.1 Å². The first kappa shape index (κ1) is 24.8. The first-order valence-electron chi connectivity index (χ1n) is 9.07. The summed E-state index contributed by atoms with van der Waals surface area (Å²) in [5.41, 5.74) is -5.48. The maximum absolute atomic E-state index is 14.0. The molecule has 1 atom stereocenters. The number of carbonyl (C=O) groups is 2. The highest BCUT2D eigenvalue weighted by atomic mass is 19.4. The molecule has 0 fully saturated rings. The number of anilines is 1. The van der Waals surface area contributed by atoms with Gasteiger partial charge in [0.2, 0.25) is 0 Å². The Morgan fingerprint density at radius 2 is 1.56 bits per heavy atom. The van der Waals surface area contributed by atoms with Crippen molar-refractivity contribution in [1.82, 2.24) is 5.32 Å². The number of benzene rings is 2. The molecule has 0 spiro atoms. The molecule has 32 heavy (non-hydrogen) atoms. The smallest absolute Gasteiger partial charge is 0.442 e. The fourth-order valence-corrected chi connectivity index (χ4v) is 2.53. The molecule has 2 rings (SSSR count). The summed E-state index contributed by atoms with van der Waals surface area (Å²) in [4.78, 5) is 24.5. The summed E-state index contributed by atoms with van der Waals surface area (Å²) >= 11 is 0. The van der Waals surface area contributed by atoms with Crippen molar-refractivity contribution in [2.24, 2.45) is 0 Å². The minimum Gasteiger partial charge on any atom is -0.463 e. The normalized spacial score (nSPS) is 13.6. The van der Waals surface area contributed by atoms with E-state index in [0.29, 0.717) is 17.7 Å². The summed E-state index contributed by atoms with van der Waals surface area (Å²) < 4.78 is 90.2. The monoisotopic (exact) mass is 464 g/mol. The second-order valence-corrected chi connectivity index (χ2v) is 6.36. The molecule has 0 radical (unpaired) electrons. The van der Waals surface area contributed by atoms with Crippen LogP contribution < -0.4 is 10.6 Å². The van der Waals surface area contributed by atoms with Crippen LogP contribution in [0.4, 0.5) is 36.8 Å². The lowest BCUT2D eigenvalue weighted by molar-refractivity contribution is -0.205. The second kappa shape index (κ2) is 9.79. The molecule has 2 aromatic carbocycles. The van der Waals surface area contributed by atoms with Crippen LogP contribution in [-0.2, 0) is 27.1 Å². The fraction of sp³-hybridized carbons (Fsp3) is 0.300. The van der Waals surface area contributed by atoms with Crippen LogP contribution in [0.3, 0.4) is 0 Å². The van der Waals surface area contributed by atoms with Gasteiger partial charge in [-0.3, -0.25) is 5.32 Å². The molecule has 12 heteroatoms. The molecular formula is C20H18F6N2O4. The molecule has 0 saturated carbocycles. The van der Waals surface area contributed by atoms with Crippen LogP contribution in [-0.4, -0.2) is 30.5 Å². The molecule has 0 saturated heterocycles. The second-order valence-electron chi connectivity index (χ2n) is 6.36. The number of alkyl halides is 6. The summed E-state index contributed by atoms with van der Waals surface area (Å²) in [6.07, 6.45) is -12.0. The number of esters is 1. The van der Waals surface area contributed by atoms with Crippen molar-refractivity contribution in [3.63, 3.8) is 0 Å².